The van der Waals surface area contributed by atoms with Gasteiger partial charge in [0, 0.05) is 5.56 Å². The summed E-state index contributed by atoms with van der Waals surface area (Å²) in [6.45, 7) is 1.92. The summed E-state index contributed by atoms with van der Waals surface area (Å²) >= 11 is 5.58. The molecule has 0 radical (unpaired) electrons. The molecule has 0 aliphatic carbocycles. The van der Waals surface area contributed by atoms with Crippen molar-refractivity contribution in [1.29, 1.82) is 0 Å². The number of halogens is 2. The van der Waals surface area contributed by atoms with Crippen LogP contribution in [0.1, 0.15) is 17.3 Å². The first-order valence-corrected chi connectivity index (χ1v) is 5.58. The van der Waals surface area contributed by atoms with Crippen molar-refractivity contribution < 1.29 is 18.4 Å². The number of aromatic nitrogens is 1. The second kappa shape index (κ2) is 5.18. The SMILES string of the molecule is CCOC(=O)c1cnoc1-c1ccc(Cl)c(F)c1. The predicted octanol–water partition coefficient (Wildman–Crippen LogP) is 3.31. The van der Waals surface area contributed by atoms with Gasteiger partial charge in [-0.1, -0.05) is 16.8 Å². The molecule has 1 heterocycles. The smallest absolute Gasteiger partial charge is 0.343 e. The molecule has 0 bridgehead atoms. The van der Waals surface area contributed by atoms with Gasteiger partial charge in [-0.15, -0.1) is 0 Å². The zero-order valence-electron chi connectivity index (χ0n) is 9.44. The minimum absolute atomic E-state index is 0.00375. The Morgan fingerprint density at radius 3 is 3.00 bits per heavy atom. The fraction of sp³-hybridized carbons (Fsp3) is 0.167. The van der Waals surface area contributed by atoms with Crippen molar-refractivity contribution in [2.75, 3.05) is 6.61 Å². The summed E-state index contributed by atoms with van der Waals surface area (Å²) in [5.74, 6) is -1.01. The molecule has 18 heavy (non-hydrogen) atoms. The van der Waals surface area contributed by atoms with E-state index in [2.05, 4.69) is 5.16 Å². The van der Waals surface area contributed by atoms with Gasteiger partial charge in [0.1, 0.15) is 11.4 Å². The third-order valence-electron chi connectivity index (χ3n) is 2.25. The van der Waals surface area contributed by atoms with Crippen LogP contribution in [0.15, 0.2) is 28.9 Å². The second-order valence-electron chi connectivity index (χ2n) is 3.42. The highest BCUT2D eigenvalue weighted by atomic mass is 35.5. The van der Waals surface area contributed by atoms with Crippen LogP contribution in [0.25, 0.3) is 11.3 Å². The number of hydrogen-bond acceptors (Lipinski definition) is 4. The highest BCUT2D eigenvalue weighted by Crippen LogP contribution is 2.27. The van der Waals surface area contributed by atoms with Gasteiger partial charge in [-0.25, -0.2) is 9.18 Å². The zero-order valence-corrected chi connectivity index (χ0v) is 10.2. The summed E-state index contributed by atoms with van der Waals surface area (Å²) in [5.41, 5.74) is 0.524. The molecule has 0 aliphatic heterocycles. The molecule has 0 saturated heterocycles. The molecule has 0 fully saturated rings. The topological polar surface area (TPSA) is 52.3 Å². The van der Waals surface area contributed by atoms with Gasteiger partial charge in [0.15, 0.2) is 5.76 Å². The van der Waals surface area contributed by atoms with Gasteiger partial charge in [-0.05, 0) is 25.1 Å². The molecule has 0 spiro atoms. The maximum atomic E-state index is 13.3. The molecule has 2 aromatic rings. The number of nitrogens with zero attached hydrogens (tertiary/aromatic N) is 1. The quantitative estimate of drug-likeness (QED) is 0.802. The first kappa shape index (κ1) is 12.6. The highest BCUT2D eigenvalue weighted by Gasteiger charge is 2.19. The van der Waals surface area contributed by atoms with E-state index in [0.717, 1.165) is 0 Å². The molecule has 0 atom stereocenters. The van der Waals surface area contributed by atoms with Crippen LogP contribution in [0.5, 0.6) is 0 Å². The van der Waals surface area contributed by atoms with Crippen molar-refractivity contribution in [2.45, 2.75) is 6.92 Å². The number of rotatable bonds is 3. The molecule has 2 rings (SSSR count). The molecule has 6 heteroatoms. The highest BCUT2D eigenvalue weighted by molar-refractivity contribution is 6.30. The minimum atomic E-state index is -0.597. The van der Waals surface area contributed by atoms with Gasteiger partial charge < -0.3 is 9.26 Å². The maximum absolute atomic E-state index is 13.3. The van der Waals surface area contributed by atoms with Gasteiger partial charge in [-0.3, -0.25) is 0 Å². The molecular weight excluding hydrogens is 261 g/mol. The van der Waals surface area contributed by atoms with Crippen LogP contribution in [0.2, 0.25) is 5.02 Å². The summed E-state index contributed by atoms with van der Waals surface area (Å²) in [5, 5.41) is 3.52. The van der Waals surface area contributed by atoms with Gasteiger partial charge in [0.2, 0.25) is 0 Å². The monoisotopic (exact) mass is 269 g/mol. The van der Waals surface area contributed by atoms with Crippen LogP contribution in [0.4, 0.5) is 4.39 Å². The Bertz CT molecular complexity index is 582. The molecule has 0 amide bonds. The lowest BCUT2D eigenvalue weighted by molar-refractivity contribution is 0.0526. The normalized spacial score (nSPS) is 10.4. The molecule has 94 valence electrons. The van der Waals surface area contributed by atoms with Crippen LogP contribution >= 0.6 is 11.6 Å². The molecule has 4 nitrogen and oxygen atoms in total. The van der Waals surface area contributed by atoms with Gasteiger partial charge in [0.25, 0.3) is 0 Å². The molecule has 0 N–H and O–H groups in total. The third kappa shape index (κ3) is 2.36. The molecule has 1 aromatic carbocycles. The summed E-state index contributed by atoms with van der Waals surface area (Å²) in [6, 6.07) is 4.09. The van der Waals surface area contributed by atoms with E-state index in [0.29, 0.717) is 5.56 Å². The average molecular weight is 270 g/mol. The van der Waals surface area contributed by atoms with E-state index in [9.17, 15) is 9.18 Å². The van der Waals surface area contributed by atoms with E-state index in [1.54, 1.807) is 6.92 Å². The Morgan fingerprint density at radius 2 is 2.33 bits per heavy atom. The molecule has 0 unspecified atom stereocenters. The van der Waals surface area contributed by atoms with Crippen LogP contribution in [-0.4, -0.2) is 17.7 Å². The largest absolute Gasteiger partial charge is 0.462 e. The van der Waals surface area contributed by atoms with Crippen LogP contribution < -0.4 is 0 Å². The van der Waals surface area contributed by atoms with Crippen molar-refractivity contribution in [3.63, 3.8) is 0 Å². The number of esters is 1. The van der Waals surface area contributed by atoms with Crippen molar-refractivity contribution in [3.8, 4) is 11.3 Å². The van der Waals surface area contributed by atoms with Crippen molar-refractivity contribution in [2.24, 2.45) is 0 Å². The lowest BCUT2D eigenvalue weighted by Crippen LogP contribution is -2.04. The number of carbonyl (C=O) groups is 1. The van der Waals surface area contributed by atoms with E-state index in [1.165, 1.54) is 24.4 Å². The first-order valence-electron chi connectivity index (χ1n) is 5.20. The standard InChI is InChI=1S/C12H9ClFNO3/c1-2-17-12(16)8-6-15-18-11(8)7-3-4-9(13)10(14)5-7/h3-6H,2H2,1H3. The van der Waals surface area contributed by atoms with E-state index in [1.807, 2.05) is 0 Å². The van der Waals surface area contributed by atoms with Crippen LogP contribution in [0.3, 0.4) is 0 Å². The van der Waals surface area contributed by atoms with E-state index < -0.39 is 11.8 Å². The Morgan fingerprint density at radius 1 is 1.56 bits per heavy atom. The molecule has 0 saturated carbocycles. The Labute approximate surface area is 107 Å². The van der Waals surface area contributed by atoms with Gasteiger partial charge in [0.05, 0.1) is 17.8 Å². The van der Waals surface area contributed by atoms with Crippen molar-refractivity contribution >= 4 is 17.6 Å². The van der Waals surface area contributed by atoms with Crippen molar-refractivity contribution in [3.05, 3.63) is 40.8 Å². The third-order valence-corrected chi connectivity index (χ3v) is 2.55. The Kier molecular flexibility index (Phi) is 3.62. The summed E-state index contributed by atoms with van der Waals surface area (Å²) in [6.07, 6.45) is 1.24. The predicted molar refractivity (Wildman–Crippen MR) is 62.9 cm³/mol. The molecular formula is C12H9ClFNO3. The number of carbonyl (C=O) groups excluding carboxylic acids is 1. The summed E-state index contributed by atoms with van der Waals surface area (Å²) in [4.78, 5) is 11.6. The van der Waals surface area contributed by atoms with Gasteiger partial charge >= 0.3 is 5.97 Å². The van der Waals surface area contributed by atoms with Gasteiger partial charge in [-0.2, -0.15) is 0 Å². The first-order chi connectivity index (χ1) is 8.63. The Hall–Kier alpha value is -1.88. The average Bonchev–Trinajstić information content (AvgIpc) is 2.82. The summed E-state index contributed by atoms with van der Waals surface area (Å²) < 4.78 is 23.1. The number of ether oxygens (including phenoxy) is 1. The number of hydrogen-bond donors (Lipinski definition) is 0. The zero-order chi connectivity index (χ0) is 13.1. The fourth-order valence-corrected chi connectivity index (χ4v) is 1.56. The second-order valence-corrected chi connectivity index (χ2v) is 3.83. The van der Waals surface area contributed by atoms with Crippen LogP contribution in [-0.2, 0) is 4.74 Å². The minimum Gasteiger partial charge on any atom is -0.462 e. The lowest BCUT2D eigenvalue weighted by Gasteiger charge is -2.02. The fourth-order valence-electron chi connectivity index (χ4n) is 1.44. The lowest BCUT2D eigenvalue weighted by atomic mass is 10.1. The van der Waals surface area contributed by atoms with Crippen LogP contribution in [0, 0.1) is 5.82 Å². The van der Waals surface area contributed by atoms with E-state index in [-0.39, 0.29) is 23.0 Å². The van der Waals surface area contributed by atoms with E-state index >= 15 is 0 Å². The molecule has 0 aliphatic rings. The number of benzene rings is 1. The van der Waals surface area contributed by atoms with Crippen molar-refractivity contribution in [1.82, 2.24) is 5.16 Å². The molecule has 1 aromatic heterocycles. The maximum Gasteiger partial charge on any atom is 0.343 e. The Balaban J connectivity index is 2.42. The summed E-state index contributed by atoms with van der Waals surface area (Å²) in [7, 11) is 0. The van der Waals surface area contributed by atoms with E-state index in [4.69, 9.17) is 20.9 Å².